The van der Waals surface area contributed by atoms with Crippen LogP contribution in [0.3, 0.4) is 0 Å². The van der Waals surface area contributed by atoms with E-state index in [1.807, 2.05) is 19.1 Å². The van der Waals surface area contributed by atoms with Crippen molar-refractivity contribution in [1.29, 1.82) is 0 Å². The highest BCUT2D eigenvalue weighted by Crippen LogP contribution is 2.68. The Morgan fingerprint density at radius 2 is 1.93 bits per heavy atom. The van der Waals surface area contributed by atoms with E-state index in [9.17, 15) is 9.59 Å². The van der Waals surface area contributed by atoms with Crippen molar-refractivity contribution in [2.75, 3.05) is 13.8 Å². The van der Waals surface area contributed by atoms with Crippen molar-refractivity contribution in [1.82, 2.24) is 9.80 Å². The average molecular weight is 403 g/mol. The molecule has 2 amide bonds. The van der Waals surface area contributed by atoms with Crippen LogP contribution in [0.4, 0.5) is 0 Å². The third kappa shape index (κ3) is 1.85. The minimum absolute atomic E-state index is 0.105. The number of likely N-dealkylation sites (N-methyl/N-ethyl adjacent to an activating group) is 1. The first kappa shape index (κ1) is 17.1. The lowest BCUT2D eigenvalue weighted by Crippen LogP contribution is -2.73. The maximum absolute atomic E-state index is 13.5. The standard InChI is InChI=1S/C18H17N3O4S2/c1-16(19-3)8-18-15(23)20(4)17(2,26-27-18)14(22)21(18)13(16)10-5-6-11-12(7-10)25-9-24-11/h5-7,13H,8-9H2,1-2,4H3/t13-,16-,17+,18-/m1/s1. The lowest BCUT2D eigenvalue weighted by atomic mass is 9.87. The number of hydrogen-bond donors (Lipinski definition) is 0. The Kier molecular flexibility index (Phi) is 3.20. The van der Waals surface area contributed by atoms with Gasteiger partial charge in [-0.25, -0.2) is 6.57 Å². The Labute approximate surface area is 164 Å². The summed E-state index contributed by atoms with van der Waals surface area (Å²) in [4.78, 5) is 31.9. The quantitative estimate of drug-likeness (QED) is 0.531. The number of rotatable bonds is 1. The molecule has 0 N–H and O–H groups in total. The Morgan fingerprint density at radius 3 is 2.67 bits per heavy atom. The molecule has 1 aromatic rings. The van der Waals surface area contributed by atoms with E-state index in [0.29, 0.717) is 17.9 Å². The third-order valence-electron chi connectivity index (χ3n) is 6.04. The lowest BCUT2D eigenvalue weighted by molar-refractivity contribution is -0.164. The molecule has 4 saturated heterocycles. The Hall–Kier alpha value is -2.05. The second-order valence-corrected chi connectivity index (χ2v) is 10.4. The van der Waals surface area contributed by atoms with Gasteiger partial charge in [-0.3, -0.25) is 9.59 Å². The van der Waals surface area contributed by atoms with E-state index in [2.05, 4.69) is 4.85 Å². The minimum atomic E-state index is -1.05. The first-order chi connectivity index (χ1) is 12.8. The largest absolute Gasteiger partial charge is 0.454 e. The molecular formula is C18H17N3O4S2. The van der Waals surface area contributed by atoms with Gasteiger partial charge in [0.2, 0.25) is 6.79 Å². The van der Waals surface area contributed by atoms with E-state index in [-0.39, 0.29) is 18.6 Å². The van der Waals surface area contributed by atoms with Gasteiger partial charge < -0.3 is 24.1 Å². The highest BCUT2D eigenvalue weighted by molar-refractivity contribution is 8.78. The van der Waals surface area contributed by atoms with Gasteiger partial charge in [-0.1, -0.05) is 27.7 Å². The van der Waals surface area contributed by atoms with Crippen molar-refractivity contribution in [2.45, 2.75) is 41.6 Å². The van der Waals surface area contributed by atoms with E-state index >= 15 is 0 Å². The normalized spacial score (nSPS) is 39.0. The molecule has 0 unspecified atom stereocenters. The summed E-state index contributed by atoms with van der Waals surface area (Å²) in [6, 6.07) is 4.98. The molecule has 1 spiro atoms. The van der Waals surface area contributed by atoms with Crippen molar-refractivity contribution in [2.24, 2.45) is 0 Å². The molecule has 1 aromatic carbocycles. The maximum Gasteiger partial charge on any atom is 0.262 e. The molecule has 0 aliphatic carbocycles. The Balaban J connectivity index is 1.71. The number of amides is 2. The van der Waals surface area contributed by atoms with E-state index in [4.69, 9.17) is 16.0 Å². The molecule has 4 atom stereocenters. The molecule has 0 radical (unpaired) electrons. The Bertz CT molecular complexity index is 949. The molecule has 5 aliphatic heterocycles. The maximum atomic E-state index is 13.5. The van der Waals surface area contributed by atoms with E-state index in [0.717, 1.165) is 5.56 Å². The zero-order chi connectivity index (χ0) is 19.2. The van der Waals surface area contributed by atoms with Crippen LogP contribution in [0.5, 0.6) is 11.5 Å². The fraction of sp³-hybridized carbons (Fsp3) is 0.500. The molecule has 6 rings (SSSR count). The summed E-state index contributed by atoms with van der Waals surface area (Å²) in [6.07, 6.45) is 0.297. The van der Waals surface area contributed by atoms with Gasteiger partial charge in [0.25, 0.3) is 17.4 Å². The van der Waals surface area contributed by atoms with E-state index in [1.165, 1.54) is 21.6 Å². The zero-order valence-corrected chi connectivity index (χ0v) is 16.6. The van der Waals surface area contributed by atoms with Gasteiger partial charge in [0.1, 0.15) is 6.04 Å². The van der Waals surface area contributed by atoms with Gasteiger partial charge in [-0.2, -0.15) is 0 Å². The minimum Gasteiger partial charge on any atom is -0.454 e. The van der Waals surface area contributed by atoms with Crippen molar-refractivity contribution >= 4 is 33.4 Å². The SMILES string of the molecule is [C-]#[N+][C@]1(C)C[C@]23SS[C@@](C)(C(=O)N2[C@@H]1c1ccc2c(c1)OCO2)N(C)C3=O. The predicted octanol–water partition coefficient (Wildman–Crippen LogP) is 2.65. The topological polar surface area (TPSA) is 63.4 Å². The van der Waals surface area contributed by atoms with Crippen LogP contribution in [0, 0.1) is 6.57 Å². The van der Waals surface area contributed by atoms with Crippen molar-refractivity contribution in [3.05, 3.63) is 35.2 Å². The Morgan fingerprint density at radius 1 is 1.19 bits per heavy atom. The van der Waals surface area contributed by atoms with Crippen LogP contribution in [0.2, 0.25) is 0 Å². The van der Waals surface area contributed by atoms with Gasteiger partial charge in [0, 0.05) is 14.0 Å². The van der Waals surface area contributed by atoms with Gasteiger partial charge >= 0.3 is 0 Å². The van der Waals surface area contributed by atoms with Gasteiger partial charge in [-0.05, 0) is 24.6 Å². The van der Waals surface area contributed by atoms with Crippen LogP contribution in [-0.4, -0.2) is 50.7 Å². The summed E-state index contributed by atoms with van der Waals surface area (Å²) >= 11 is 0. The summed E-state index contributed by atoms with van der Waals surface area (Å²) in [6.45, 7) is 11.6. The van der Waals surface area contributed by atoms with Gasteiger partial charge in [-0.15, -0.1) is 0 Å². The fourth-order valence-electron chi connectivity index (χ4n) is 4.48. The molecule has 27 heavy (non-hydrogen) atoms. The second-order valence-electron chi connectivity index (χ2n) is 7.63. The zero-order valence-electron chi connectivity index (χ0n) is 15.0. The van der Waals surface area contributed by atoms with E-state index < -0.39 is 21.3 Å². The number of piperazine rings is 1. The fourth-order valence-corrected chi connectivity index (χ4v) is 8.05. The van der Waals surface area contributed by atoms with Crippen molar-refractivity contribution < 1.29 is 19.1 Å². The van der Waals surface area contributed by atoms with Crippen LogP contribution in [0.25, 0.3) is 4.85 Å². The third-order valence-corrected chi connectivity index (χ3v) is 9.74. The van der Waals surface area contributed by atoms with E-state index in [1.54, 1.807) is 29.8 Å². The van der Waals surface area contributed by atoms with Crippen LogP contribution in [0.15, 0.2) is 18.2 Å². The molecule has 7 nitrogen and oxygen atoms in total. The smallest absolute Gasteiger partial charge is 0.262 e. The molecule has 4 fully saturated rings. The first-order valence-corrected chi connectivity index (χ1v) is 10.7. The average Bonchev–Trinajstić information content (AvgIpc) is 3.23. The molecule has 0 saturated carbocycles. The van der Waals surface area contributed by atoms with Crippen molar-refractivity contribution in [3.8, 4) is 11.5 Å². The molecule has 5 heterocycles. The molecule has 2 bridgehead atoms. The number of ether oxygens (including phenoxy) is 2. The number of carbonyl (C=O) groups is 2. The highest BCUT2D eigenvalue weighted by atomic mass is 33.1. The number of carbonyl (C=O) groups excluding carboxylic acids is 2. The number of nitrogens with zero attached hydrogens (tertiary/aromatic N) is 3. The van der Waals surface area contributed by atoms with Crippen molar-refractivity contribution in [3.63, 3.8) is 0 Å². The summed E-state index contributed by atoms with van der Waals surface area (Å²) in [5.74, 6) is 1.03. The van der Waals surface area contributed by atoms with Crippen LogP contribution in [0.1, 0.15) is 31.9 Å². The highest BCUT2D eigenvalue weighted by Gasteiger charge is 2.77. The molecule has 140 valence electrons. The van der Waals surface area contributed by atoms with Crippen LogP contribution >= 0.6 is 21.6 Å². The molecule has 9 heteroatoms. The predicted molar refractivity (Wildman–Crippen MR) is 101 cm³/mol. The van der Waals surface area contributed by atoms with Gasteiger partial charge in [0.05, 0.1) is 6.42 Å². The van der Waals surface area contributed by atoms with Crippen LogP contribution < -0.4 is 9.47 Å². The number of benzene rings is 1. The summed E-state index contributed by atoms with van der Waals surface area (Å²) in [7, 11) is 4.51. The monoisotopic (exact) mass is 403 g/mol. The number of hydrogen-bond acceptors (Lipinski definition) is 6. The van der Waals surface area contributed by atoms with Gasteiger partial charge in [0.15, 0.2) is 21.2 Å². The number of fused-ring (bicyclic) bond motifs is 3. The summed E-state index contributed by atoms with van der Waals surface area (Å²) < 4.78 is 10.9. The lowest BCUT2D eigenvalue weighted by Gasteiger charge is -2.57. The summed E-state index contributed by atoms with van der Waals surface area (Å²) in [5.41, 5.74) is -0.122. The second kappa shape index (κ2) is 5.06. The molecule has 5 aliphatic rings. The van der Waals surface area contributed by atoms with Crippen LogP contribution in [-0.2, 0) is 9.59 Å². The molecule has 0 aromatic heterocycles. The molecular weight excluding hydrogens is 386 g/mol. The summed E-state index contributed by atoms with van der Waals surface area (Å²) in [5, 5.41) is 0. The first-order valence-electron chi connectivity index (χ1n) is 8.54.